The van der Waals surface area contributed by atoms with Gasteiger partial charge < -0.3 is 9.47 Å². The molecule has 1 fully saturated rings. The number of benzene rings is 2. The van der Waals surface area contributed by atoms with E-state index >= 15 is 0 Å². The zero-order valence-corrected chi connectivity index (χ0v) is 23.3. The number of rotatable bonds is 8. The van der Waals surface area contributed by atoms with Gasteiger partial charge in [-0.3, -0.25) is 19.2 Å². The van der Waals surface area contributed by atoms with Crippen LogP contribution in [0.4, 0.5) is 18.0 Å². The highest BCUT2D eigenvalue weighted by Gasteiger charge is 2.35. The van der Waals surface area contributed by atoms with Crippen LogP contribution in [0.3, 0.4) is 0 Å². The molecule has 1 aliphatic rings. The summed E-state index contributed by atoms with van der Waals surface area (Å²) in [5.74, 6) is -1.04. The number of ether oxygens (including phenoxy) is 2. The van der Waals surface area contributed by atoms with Crippen LogP contribution in [0.25, 0.3) is 17.0 Å². The van der Waals surface area contributed by atoms with Gasteiger partial charge in [0.25, 0.3) is 11.1 Å². The molecule has 40 heavy (non-hydrogen) atoms. The third kappa shape index (κ3) is 7.23. The van der Waals surface area contributed by atoms with E-state index in [1.807, 2.05) is 0 Å². The number of hydrogen-bond donors (Lipinski definition) is 0. The number of amides is 2. The number of imide groups is 1. The van der Waals surface area contributed by atoms with Crippen LogP contribution in [0, 0.1) is 0 Å². The minimum Gasteiger partial charge on any atom is -0.458 e. The van der Waals surface area contributed by atoms with Crippen molar-refractivity contribution in [2.75, 3.05) is 19.8 Å². The fraction of sp³-hybridized carbons (Fsp3) is 0.333. The van der Waals surface area contributed by atoms with Crippen LogP contribution in [0.15, 0.2) is 47.5 Å². The molecule has 0 saturated carbocycles. The van der Waals surface area contributed by atoms with E-state index in [2.05, 4.69) is 5.10 Å². The fourth-order valence-corrected chi connectivity index (χ4v) is 5.00. The second-order valence-electron chi connectivity index (χ2n) is 9.89. The van der Waals surface area contributed by atoms with Gasteiger partial charge in [0.15, 0.2) is 0 Å². The Bertz CT molecular complexity index is 1500. The maximum Gasteiger partial charge on any atom is 0.416 e. The molecule has 0 N–H and O–H groups in total. The number of carbonyl (C=O) groups is 3. The Morgan fingerprint density at radius 1 is 1.12 bits per heavy atom. The summed E-state index contributed by atoms with van der Waals surface area (Å²) in [7, 11) is 0. The Morgan fingerprint density at radius 3 is 2.58 bits per heavy atom. The molecule has 1 aliphatic heterocycles. The summed E-state index contributed by atoms with van der Waals surface area (Å²) in [6.45, 7) is 4.72. The Balaban J connectivity index is 1.43. The summed E-state index contributed by atoms with van der Waals surface area (Å²) in [5, 5.41) is 4.41. The molecule has 0 bridgehead atoms. The molecule has 3 aromatic rings. The molecule has 2 heterocycles. The predicted octanol–water partition coefficient (Wildman–Crippen LogP) is 6.15. The van der Waals surface area contributed by atoms with Crippen molar-refractivity contribution in [3.63, 3.8) is 0 Å². The predicted molar refractivity (Wildman–Crippen MR) is 145 cm³/mol. The normalized spacial score (nSPS) is 15.5. The zero-order chi connectivity index (χ0) is 29.2. The summed E-state index contributed by atoms with van der Waals surface area (Å²) in [5.41, 5.74) is -0.246. The second-order valence-corrected chi connectivity index (χ2v) is 11.3. The molecule has 13 heteroatoms. The first-order chi connectivity index (χ1) is 18.7. The smallest absolute Gasteiger partial charge is 0.416 e. The lowest BCUT2D eigenvalue weighted by Crippen LogP contribution is -2.32. The van der Waals surface area contributed by atoms with Crippen molar-refractivity contribution in [2.45, 2.75) is 39.1 Å². The van der Waals surface area contributed by atoms with Gasteiger partial charge in [-0.1, -0.05) is 23.7 Å². The maximum absolute atomic E-state index is 13.5. The van der Waals surface area contributed by atoms with E-state index in [1.165, 1.54) is 23.0 Å². The highest BCUT2D eigenvalue weighted by atomic mass is 35.5. The number of nitrogens with zero attached hydrogens (tertiary/aromatic N) is 3. The lowest BCUT2D eigenvalue weighted by atomic mass is 10.1. The van der Waals surface area contributed by atoms with Crippen LogP contribution in [0.2, 0.25) is 5.02 Å². The number of hydrogen-bond acceptors (Lipinski definition) is 7. The van der Waals surface area contributed by atoms with Crippen molar-refractivity contribution >= 4 is 57.5 Å². The maximum atomic E-state index is 13.5. The van der Waals surface area contributed by atoms with Gasteiger partial charge in [-0.25, -0.2) is 4.79 Å². The summed E-state index contributed by atoms with van der Waals surface area (Å²) >= 11 is 6.56. The first-order valence-corrected chi connectivity index (χ1v) is 13.3. The summed E-state index contributed by atoms with van der Waals surface area (Å²) in [6.07, 6.45) is -1.49. The van der Waals surface area contributed by atoms with Crippen molar-refractivity contribution < 1.29 is 37.0 Å². The highest BCUT2D eigenvalue weighted by molar-refractivity contribution is 8.18. The number of alkyl halides is 3. The third-order valence-corrected chi connectivity index (χ3v) is 6.78. The van der Waals surface area contributed by atoms with Gasteiger partial charge >= 0.3 is 12.1 Å². The number of halogens is 4. The Morgan fingerprint density at radius 2 is 1.88 bits per heavy atom. The van der Waals surface area contributed by atoms with Gasteiger partial charge in [0.05, 0.1) is 41.9 Å². The SMILES string of the molecule is CC(C)(C)OC(=O)COCCN1C(=O)S/C(=C\c2ccc3c(cnn3Cc3ccc(Cl)cc3C(F)(F)F)c2)C1=O. The number of aromatic nitrogens is 2. The molecule has 0 aliphatic carbocycles. The molecule has 0 spiro atoms. The number of esters is 1. The Hall–Kier alpha value is -3.35. The van der Waals surface area contributed by atoms with E-state index < -0.39 is 34.5 Å². The quantitative estimate of drug-likeness (QED) is 0.175. The van der Waals surface area contributed by atoms with Crippen LogP contribution in [0.5, 0.6) is 0 Å². The molecule has 8 nitrogen and oxygen atoms in total. The van der Waals surface area contributed by atoms with Crippen LogP contribution in [-0.2, 0) is 31.8 Å². The standard InChI is InChI=1S/C27H25ClF3N3O5S/c1-26(2,3)39-23(35)15-38-9-8-33-24(36)22(40-25(33)37)11-16-4-7-21-18(10-16)13-32-34(21)14-17-5-6-19(28)12-20(17)27(29,30)31/h4-7,10-13H,8-9,14-15H2,1-3H3/b22-11-. The Kier molecular flexibility index (Phi) is 8.62. The molecular weight excluding hydrogens is 571 g/mol. The average Bonchev–Trinajstić information content (AvgIpc) is 3.35. The van der Waals surface area contributed by atoms with Crippen molar-refractivity contribution in [2.24, 2.45) is 0 Å². The third-order valence-electron chi connectivity index (χ3n) is 5.63. The summed E-state index contributed by atoms with van der Waals surface area (Å²) in [4.78, 5) is 38.2. The molecule has 1 aromatic heterocycles. The molecule has 2 amide bonds. The van der Waals surface area contributed by atoms with Crippen molar-refractivity contribution in [3.8, 4) is 0 Å². The molecule has 0 unspecified atom stereocenters. The minimum atomic E-state index is -4.57. The van der Waals surface area contributed by atoms with Crippen LogP contribution < -0.4 is 0 Å². The molecule has 0 atom stereocenters. The first kappa shape index (κ1) is 29.6. The van der Waals surface area contributed by atoms with Gasteiger partial charge in [-0.15, -0.1) is 0 Å². The Labute approximate surface area is 237 Å². The lowest BCUT2D eigenvalue weighted by Gasteiger charge is -2.19. The van der Waals surface area contributed by atoms with Gasteiger partial charge in [0.2, 0.25) is 0 Å². The van der Waals surface area contributed by atoms with Crippen molar-refractivity contribution in [1.82, 2.24) is 14.7 Å². The second kappa shape index (κ2) is 11.6. The number of fused-ring (bicyclic) bond motifs is 1. The van der Waals surface area contributed by atoms with Gasteiger partial charge in [0, 0.05) is 10.4 Å². The van der Waals surface area contributed by atoms with E-state index in [0.29, 0.717) is 16.5 Å². The van der Waals surface area contributed by atoms with Gasteiger partial charge in [0.1, 0.15) is 12.2 Å². The van der Waals surface area contributed by atoms with Crippen molar-refractivity contribution in [3.05, 3.63) is 69.2 Å². The summed E-state index contributed by atoms with van der Waals surface area (Å²) in [6, 6.07) is 8.71. The molecule has 0 radical (unpaired) electrons. The van der Waals surface area contributed by atoms with E-state index in [4.69, 9.17) is 21.1 Å². The van der Waals surface area contributed by atoms with Crippen LogP contribution >= 0.6 is 23.4 Å². The highest BCUT2D eigenvalue weighted by Crippen LogP contribution is 2.35. The van der Waals surface area contributed by atoms with E-state index in [1.54, 1.807) is 45.0 Å². The fourth-order valence-electron chi connectivity index (χ4n) is 3.96. The van der Waals surface area contributed by atoms with E-state index in [0.717, 1.165) is 22.7 Å². The van der Waals surface area contributed by atoms with Crippen LogP contribution in [-0.4, -0.2) is 57.2 Å². The average molecular weight is 596 g/mol. The molecule has 212 valence electrons. The topological polar surface area (TPSA) is 90.7 Å². The summed E-state index contributed by atoms with van der Waals surface area (Å²) < 4.78 is 52.3. The first-order valence-electron chi connectivity index (χ1n) is 12.1. The van der Waals surface area contributed by atoms with E-state index in [9.17, 15) is 27.6 Å². The van der Waals surface area contributed by atoms with Gasteiger partial charge in [-0.05, 0) is 74.0 Å². The zero-order valence-electron chi connectivity index (χ0n) is 21.8. The molecule has 2 aromatic carbocycles. The van der Waals surface area contributed by atoms with Crippen LogP contribution in [0.1, 0.15) is 37.5 Å². The largest absolute Gasteiger partial charge is 0.458 e. The monoisotopic (exact) mass is 595 g/mol. The number of carbonyl (C=O) groups excluding carboxylic acids is 3. The lowest BCUT2D eigenvalue weighted by molar-refractivity contribution is -0.160. The molecule has 4 rings (SSSR count). The van der Waals surface area contributed by atoms with E-state index in [-0.39, 0.29) is 41.8 Å². The molecular formula is C27H25ClF3N3O5S. The van der Waals surface area contributed by atoms with Crippen molar-refractivity contribution in [1.29, 1.82) is 0 Å². The van der Waals surface area contributed by atoms with Gasteiger partial charge in [-0.2, -0.15) is 18.3 Å². The number of thioether (sulfide) groups is 1. The molecule has 1 saturated heterocycles. The minimum absolute atomic E-state index is 0.0104.